The van der Waals surface area contributed by atoms with Crippen LogP contribution in [0.25, 0.3) is 0 Å². The highest BCUT2D eigenvalue weighted by Crippen LogP contribution is 2.50. The Morgan fingerprint density at radius 3 is 2.50 bits per heavy atom. The van der Waals surface area contributed by atoms with Crippen molar-refractivity contribution in [3.05, 3.63) is 53.1 Å². The summed E-state index contributed by atoms with van der Waals surface area (Å²) in [7, 11) is 0. The molecule has 0 aromatic heterocycles. The van der Waals surface area contributed by atoms with Crippen molar-refractivity contribution in [1.82, 2.24) is 4.90 Å². The van der Waals surface area contributed by atoms with Crippen molar-refractivity contribution in [3.63, 3.8) is 0 Å². The van der Waals surface area contributed by atoms with E-state index in [1.165, 1.54) is 33.0 Å². The van der Waals surface area contributed by atoms with E-state index < -0.39 is 0 Å². The Morgan fingerprint density at radius 1 is 1.06 bits per heavy atom. The van der Waals surface area contributed by atoms with Gasteiger partial charge >= 0.3 is 0 Å². The molecule has 0 amide bonds. The summed E-state index contributed by atoms with van der Waals surface area (Å²) in [5, 5.41) is 10.9. The maximum Gasteiger partial charge on any atom is 0.0767 e. The van der Waals surface area contributed by atoms with Gasteiger partial charge in [-0.3, -0.25) is 4.90 Å². The minimum Gasteiger partial charge on any atom is -0.391 e. The van der Waals surface area contributed by atoms with Gasteiger partial charge in [-0.05, 0) is 47.2 Å². The number of alkyl halides is 1. The highest BCUT2D eigenvalue weighted by Gasteiger charge is 2.50. The molecule has 2 bridgehead atoms. The first-order valence-electron chi connectivity index (χ1n) is 11.7. The molecule has 2 heterocycles. The number of aliphatic hydroxyl groups is 1. The summed E-state index contributed by atoms with van der Waals surface area (Å²) in [6.07, 6.45) is 0.548. The predicted octanol–water partition coefficient (Wildman–Crippen LogP) is 5.54. The molecule has 1 aliphatic carbocycles. The lowest BCUT2D eigenvalue weighted by Crippen LogP contribution is -2.46. The molecule has 0 radical (unpaired) electrons. The van der Waals surface area contributed by atoms with Gasteiger partial charge in [0, 0.05) is 43.6 Å². The van der Waals surface area contributed by atoms with Gasteiger partial charge in [-0.25, -0.2) is 0 Å². The number of rotatable bonds is 5. The number of anilines is 2. The molecule has 0 saturated carbocycles. The van der Waals surface area contributed by atoms with E-state index in [0.29, 0.717) is 0 Å². The van der Waals surface area contributed by atoms with Gasteiger partial charge in [-0.1, -0.05) is 52.0 Å². The van der Waals surface area contributed by atoms with Crippen molar-refractivity contribution in [2.24, 2.45) is 0 Å². The molecule has 2 atom stereocenters. The zero-order valence-corrected chi connectivity index (χ0v) is 21.1. The zero-order chi connectivity index (χ0) is 22.7. The second-order valence-corrected chi connectivity index (χ2v) is 12.0. The van der Waals surface area contributed by atoms with E-state index in [4.69, 9.17) is 11.6 Å². The largest absolute Gasteiger partial charge is 0.391 e. The Bertz CT molecular complexity index is 994. The minimum absolute atomic E-state index is 0.00926. The van der Waals surface area contributed by atoms with Crippen LogP contribution in [0.4, 0.5) is 11.4 Å². The van der Waals surface area contributed by atoms with Crippen molar-refractivity contribution < 1.29 is 5.11 Å². The first kappa shape index (κ1) is 22.4. The summed E-state index contributed by atoms with van der Waals surface area (Å²) < 4.78 is 3.42. The van der Waals surface area contributed by atoms with Crippen LogP contribution in [0.3, 0.4) is 0 Å². The number of fused-ring (bicyclic) bond motifs is 3. The number of aliphatic hydroxyl groups excluding tert-OH is 1. The minimum atomic E-state index is -0.388. The SMILES string of the molecule is CC1(C)c2ccc(C(Cl)CCN3CCN(c4c5cccc4SN5)CC3)cc2C(C)(C)C1O. The second kappa shape index (κ2) is 8.12. The molecule has 5 rings (SSSR count). The van der Waals surface area contributed by atoms with E-state index in [1.54, 1.807) is 11.9 Å². The fraction of sp³-hybridized carbons (Fsp3) is 0.538. The van der Waals surface area contributed by atoms with E-state index in [0.717, 1.165) is 39.1 Å². The lowest BCUT2D eigenvalue weighted by molar-refractivity contribution is 0.0566. The normalized spacial score (nSPS) is 24.3. The molecule has 2 unspecified atom stereocenters. The number of hydrogen-bond acceptors (Lipinski definition) is 5. The number of nitrogens with one attached hydrogen (secondary N) is 1. The molecular formula is C26H34ClN3OS. The van der Waals surface area contributed by atoms with E-state index in [-0.39, 0.29) is 22.3 Å². The molecule has 6 heteroatoms. The van der Waals surface area contributed by atoms with Crippen LogP contribution in [-0.2, 0) is 10.8 Å². The van der Waals surface area contributed by atoms with Crippen LogP contribution in [0, 0.1) is 0 Å². The van der Waals surface area contributed by atoms with Crippen molar-refractivity contribution in [1.29, 1.82) is 0 Å². The third-order valence-electron chi connectivity index (χ3n) is 7.82. The van der Waals surface area contributed by atoms with E-state index in [2.05, 4.69) is 78.6 Å². The standard InChI is InChI=1S/C26H34ClN3OS/c1-25(2)18-9-8-17(16-19(18)26(3,4)24(25)31)20(27)10-11-29-12-14-30(15-13-29)23-21-6-5-7-22(23)32-28-21/h5-9,16,20,24,28,31H,10-15H2,1-4H3. The molecule has 1 saturated heterocycles. The smallest absolute Gasteiger partial charge is 0.0767 e. The van der Waals surface area contributed by atoms with Gasteiger partial charge in [-0.2, -0.15) is 0 Å². The average molecular weight is 472 g/mol. The van der Waals surface area contributed by atoms with Crippen molar-refractivity contribution in [3.8, 4) is 0 Å². The molecule has 2 N–H and O–H groups in total. The third-order valence-corrected chi connectivity index (χ3v) is 9.16. The van der Waals surface area contributed by atoms with Crippen molar-refractivity contribution >= 4 is 34.9 Å². The molecule has 2 aliphatic heterocycles. The first-order chi connectivity index (χ1) is 15.2. The van der Waals surface area contributed by atoms with Gasteiger partial charge in [0.05, 0.1) is 27.8 Å². The van der Waals surface area contributed by atoms with E-state index in [1.807, 2.05) is 0 Å². The summed E-state index contributed by atoms with van der Waals surface area (Å²) in [5.41, 5.74) is 5.81. The van der Waals surface area contributed by atoms with Crippen LogP contribution in [0.2, 0.25) is 0 Å². The molecule has 2 aromatic rings. The second-order valence-electron chi connectivity index (χ2n) is 10.6. The van der Waals surface area contributed by atoms with E-state index in [9.17, 15) is 5.11 Å². The molecule has 2 aromatic carbocycles. The molecule has 3 aliphatic rings. The summed E-state index contributed by atoms with van der Waals surface area (Å²) in [6.45, 7) is 13.8. The van der Waals surface area contributed by atoms with Crippen LogP contribution in [-0.4, -0.2) is 48.8 Å². The number of piperazine rings is 1. The number of para-hydroxylation sites is 1. The van der Waals surface area contributed by atoms with Gasteiger partial charge in [0.2, 0.25) is 0 Å². The van der Waals surface area contributed by atoms with Gasteiger partial charge in [0.15, 0.2) is 0 Å². The fourth-order valence-corrected chi connectivity index (χ4v) is 6.93. The Kier molecular flexibility index (Phi) is 5.68. The third kappa shape index (κ3) is 3.62. The Morgan fingerprint density at radius 2 is 1.78 bits per heavy atom. The van der Waals surface area contributed by atoms with Gasteiger partial charge in [0.25, 0.3) is 0 Å². The van der Waals surface area contributed by atoms with Gasteiger partial charge < -0.3 is 14.7 Å². The van der Waals surface area contributed by atoms with Crippen LogP contribution >= 0.6 is 23.5 Å². The molecule has 32 heavy (non-hydrogen) atoms. The van der Waals surface area contributed by atoms with Crippen LogP contribution in [0.1, 0.15) is 56.2 Å². The van der Waals surface area contributed by atoms with Crippen LogP contribution < -0.4 is 9.62 Å². The molecule has 172 valence electrons. The van der Waals surface area contributed by atoms with Gasteiger partial charge in [-0.15, -0.1) is 11.6 Å². The number of benzene rings is 2. The van der Waals surface area contributed by atoms with Crippen LogP contribution in [0.15, 0.2) is 41.3 Å². The zero-order valence-electron chi connectivity index (χ0n) is 19.5. The van der Waals surface area contributed by atoms with E-state index >= 15 is 0 Å². The maximum absolute atomic E-state index is 10.9. The highest BCUT2D eigenvalue weighted by atomic mass is 35.5. The molecule has 0 spiro atoms. The Balaban J connectivity index is 1.20. The lowest BCUT2D eigenvalue weighted by Gasteiger charge is -2.36. The molecular weight excluding hydrogens is 438 g/mol. The topological polar surface area (TPSA) is 38.7 Å². The van der Waals surface area contributed by atoms with Crippen molar-refractivity contribution in [2.45, 2.75) is 61.3 Å². The van der Waals surface area contributed by atoms with Crippen molar-refractivity contribution in [2.75, 3.05) is 42.3 Å². The van der Waals surface area contributed by atoms with Crippen LogP contribution in [0.5, 0.6) is 0 Å². The maximum atomic E-state index is 10.9. The first-order valence-corrected chi connectivity index (χ1v) is 12.9. The summed E-state index contributed by atoms with van der Waals surface area (Å²) in [4.78, 5) is 6.39. The Hall–Kier alpha value is -1.40. The monoisotopic (exact) mass is 471 g/mol. The average Bonchev–Trinajstić information content (AvgIpc) is 3.11. The summed E-state index contributed by atoms with van der Waals surface area (Å²) >= 11 is 8.61. The summed E-state index contributed by atoms with van der Waals surface area (Å²) in [6, 6.07) is 13.1. The quantitative estimate of drug-likeness (QED) is 0.442. The molecule has 4 nitrogen and oxygen atoms in total. The number of nitrogens with zero attached hydrogens (tertiary/aromatic N) is 2. The lowest BCUT2D eigenvalue weighted by atomic mass is 9.78. The number of hydrogen-bond donors (Lipinski definition) is 2. The summed E-state index contributed by atoms with van der Waals surface area (Å²) in [5.74, 6) is 0. The van der Waals surface area contributed by atoms with Gasteiger partial charge in [0.1, 0.15) is 0 Å². The highest BCUT2D eigenvalue weighted by molar-refractivity contribution is 8.01. The number of halogens is 1. The predicted molar refractivity (Wildman–Crippen MR) is 136 cm³/mol. The fourth-order valence-electron chi connectivity index (χ4n) is 5.83. The Labute approximate surface area is 201 Å². The molecule has 1 fully saturated rings.